The van der Waals surface area contributed by atoms with Gasteiger partial charge in [-0.2, -0.15) is 0 Å². The van der Waals surface area contributed by atoms with Gasteiger partial charge in [-0.3, -0.25) is 0 Å². The molecule has 1 atom stereocenters. The first-order valence-electron chi connectivity index (χ1n) is 6.97. The van der Waals surface area contributed by atoms with Crippen LogP contribution in [0.4, 0.5) is 13.6 Å². The highest BCUT2D eigenvalue weighted by Gasteiger charge is 2.41. The number of amides is 1. The van der Waals surface area contributed by atoms with Crippen molar-refractivity contribution in [3.8, 4) is 0 Å². The number of esters is 1. The summed E-state index contributed by atoms with van der Waals surface area (Å²) in [5.74, 6) is -3.91. The molecule has 0 saturated heterocycles. The van der Waals surface area contributed by atoms with Crippen molar-refractivity contribution in [3.05, 3.63) is 0 Å². The summed E-state index contributed by atoms with van der Waals surface area (Å²) in [7, 11) is 1.09. The van der Waals surface area contributed by atoms with Crippen molar-refractivity contribution in [2.75, 3.05) is 7.11 Å². The third-order valence-corrected chi connectivity index (χ3v) is 2.96. The van der Waals surface area contributed by atoms with Crippen molar-refractivity contribution >= 4 is 12.1 Å². The molecule has 0 aromatic carbocycles. The zero-order valence-corrected chi connectivity index (χ0v) is 12.9. The van der Waals surface area contributed by atoms with Gasteiger partial charge < -0.3 is 14.8 Å². The molecule has 0 aromatic rings. The first-order valence-corrected chi connectivity index (χ1v) is 6.97. The molecule has 0 aliphatic heterocycles. The molecule has 1 amide bonds. The number of carbonyl (C=O) groups excluding carboxylic acids is 2. The van der Waals surface area contributed by atoms with Crippen LogP contribution < -0.4 is 5.32 Å². The van der Waals surface area contributed by atoms with Crippen molar-refractivity contribution in [1.82, 2.24) is 5.32 Å². The zero-order chi connectivity index (χ0) is 16.3. The monoisotopic (exact) mass is 307 g/mol. The summed E-state index contributed by atoms with van der Waals surface area (Å²) >= 11 is 0. The van der Waals surface area contributed by atoms with Crippen molar-refractivity contribution in [2.45, 2.75) is 64.0 Å². The maximum atomic E-state index is 13.8. The van der Waals surface area contributed by atoms with E-state index in [0.29, 0.717) is 0 Å². The number of nitrogens with one attached hydrogen (secondary N) is 1. The smallest absolute Gasteiger partial charge is 0.408 e. The first kappa shape index (κ1) is 17.7. The summed E-state index contributed by atoms with van der Waals surface area (Å²) in [5, 5.41) is 2.16. The van der Waals surface area contributed by atoms with Crippen LogP contribution in [0.1, 0.15) is 46.5 Å². The molecule has 0 unspecified atom stereocenters. The molecular formula is C14H23F2NO4. The second kappa shape index (κ2) is 6.58. The van der Waals surface area contributed by atoms with Gasteiger partial charge in [0.15, 0.2) is 0 Å². The van der Waals surface area contributed by atoms with E-state index in [1.165, 1.54) is 0 Å². The average Bonchev–Trinajstić information content (AvgIpc) is 3.07. The van der Waals surface area contributed by atoms with Gasteiger partial charge in [0.25, 0.3) is 5.92 Å². The van der Waals surface area contributed by atoms with Gasteiger partial charge in [-0.25, -0.2) is 18.4 Å². The fraction of sp³-hybridized carbons (Fsp3) is 0.857. The van der Waals surface area contributed by atoms with E-state index in [1.54, 1.807) is 20.8 Å². The second-order valence-electron chi connectivity index (χ2n) is 6.43. The fourth-order valence-corrected chi connectivity index (χ4v) is 1.91. The van der Waals surface area contributed by atoms with E-state index in [-0.39, 0.29) is 12.3 Å². The number of alkyl carbamates (subject to hydrolysis) is 1. The van der Waals surface area contributed by atoms with Crippen LogP contribution in [0.2, 0.25) is 0 Å². The molecule has 1 aliphatic carbocycles. The Bertz CT molecular complexity index is 389. The Kier molecular flexibility index (Phi) is 5.53. The van der Waals surface area contributed by atoms with E-state index in [1.807, 2.05) is 0 Å². The third kappa shape index (κ3) is 7.24. The number of methoxy groups -OCH3 is 1. The highest BCUT2D eigenvalue weighted by molar-refractivity contribution is 5.81. The molecule has 0 radical (unpaired) electrons. The van der Waals surface area contributed by atoms with E-state index in [0.717, 1.165) is 20.0 Å². The maximum absolute atomic E-state index is 13.8. The maximum Gasteiger partial charge on any atom is 0.408 e. The lowest BCUT2D eigenvalue weighted by atomic mass is 10.0. The predicted molar refractivity (Wildman–Crippen MR) is 72.1 cm³/mol. The molecule has 0 spiro atoms. The molecule has 7 heteroatoms. The standard InChI is InChI=1S/C14H23F2NO4/c1-13(2,3)21-12(19)17-10(11(18)20-4)8-14(15,16)7-9-5-6-9/h9-10H,5-8H2,1-4H3,(H,17,19)/t10-/m0/s1. The second-order valence-corrected chi connectivity index (χ2v) is 6.43. The molecule has 1 rings (SSSR count). The topological polar surface area (TPSA) is 64.6 Å². The van der Waals surface area contributed by atoms with E-state index in [2.05, 4.69) is 10.1 Å². The van der Waals surface area contributed by atoms with Crippen LogP contribution in [0.3, 0.4) is 0 Å². The Morgan fingerprint density at radius 2 is 1.86 bits per heavy atom. The summed E-state index contributed by atoms with van der Waals surface area (Å²) in [4.78, 5) is 23.2. The van der Waals surface area contributed by atoms with Gasteiger partial charge in [0, 0.05) is 12.8 Å². The molecule has 21 heavy (non-hydrogen) atoms. The quantitative estimate of drug-likeness (QED) is 0.766. The van der Waals surface area contributed by atoms with Crippen LogP contribution in [0.5, 0.6) is 0 Å². The lowest BCUT2D eigenvalue weighted by molar-refractivity contribution is -0.146. The highest BCUT2D eigenvalue weighted by atomic mass is 19.3. The lowest BCUT2D eigenvalue weighted by Gasteiger charge is -2.25. The molecule has 0 aromatic heterocycles. The number of hydrogen-bond acceptors (Lipinski definition) is 4. The van der Waals surface area contributed by atoms with Crippen molar-refractivity contribution < 1.29 is 27.8 Å². The third-order valence-electron chi connectivity index (χ3n) is 2.96. The number of hydrogen-bond donors (Lipinski definition) is 1. The zero-order valence-electron chi connectivity index (χ0n) is 12.9. The molecule has 1 fully saturated rings. The van der Waals surface area contributed by atoms with Crippen molar-refractivity contribution in [2.24, 2.45) is 5.92 Å². The Balaban J connectivity index is 2.62. The molecule has 0 heterocycles. The molecule has 5 nitrogen and oxygen atoms in total. The Morgan fingerprint density at radius 1 is 1.29 bits per heavy atom. The fourth-order valence-electron chi connectivity index (χ4n) is 1.91. The van der Waals surface area contributed by atoms with Gasteiger partial charge in [-0.05, 0) is 39.5 Å². The van der Waals surface area contributed by atoms with Crippen molar-refractivity contribution in [1.29, 1.82) is 0 Å². The molecule has 1 aliphatic rings. The Hall–Kier alpha value is -1.40. The average molecular weight is 307 g/mol. The van der Waals surface area contributed by atoms with Gasteiger partial charge in [0.1, 0.15) is 11.6 Å². The lowest BCUT2D eigenvalue weighted by Crippen LogP contribution is -2.46. The van der Waals surface area contributed by atoms with Crippen molar-refractivity contribution in [3.63, 3.8) is 0 Å². The van der Waals surface area contributed by atoms with E-state index < -0.39 is 36.0 Å². The van der Waals surface area contributed by atoms with Crippen LogP contribution in [0.25, 0.3) is 0 Å². The van der Waals surface area contributed by atoms with Crippen LogP contribution in [0, 0.1) is 5.92 Å². The summed E-state index contributed by atoms with van der Waals surface area (Å²) < 4.78 is 37.1. The number of rotatable bonds is 6. The molecular weight excluding hydrogens is 284 g/mol. The minimum atomic E-state index is -3.02. The molecule has 1 saturated carbocycles. The van der Waals surface area contributed by atoms with Gasteiger partial charge >= 0.3 is 12.1 Å². The van der Waals surface area contributed by atoms with Crippen LogP contribution in [-0.2, 0) is 14.3 Å². The summed E-state index contributed by atoms with van der Waals surface area (Å²) in [6.45, 7) is 4.92. The Morgan fingerprint density at radius 3 is 2.29 bits per heavy atom. The molecule has 122 valence electrons. The highest BCUT2D eigenvalue weighted by Crippen LogP contribution is 2.40. The van der Waals surface area contributed by atoms with E-state index in [9.17, 15) is 18.4 Å². The number of carbonyl (C=O) groups is 2. The first-order chi connectivity index (χ1) is 9.52. The van der Waals surface area contributed by atoms with Crippen LogP contribution in [-0.4, -0.2) is 36.7 Å². The van der Waals surface area contributed by atoms with E-state index in [4.69, 9.17) is 4.74 Å². The van der Waals surface area contributed by atoms with Gasteiger partial charge in [-0.15, -0.1) is 0 Å². The van der Waals surface area contributed by atoms with Gasteiger partial charge in [-0.1, -0.05) is 0 Å². The molecule has 0 bridgehead atoms. The van der Waals surface area contributed by atoms with E-state index >= 15 is 0 Å². The largest absolute Gasteiger partial charge is 0.467 e. The van der Waals surface area contributed by atoms with Crippen LogP contribution in [0.15, 0.2) is 0 Å². The number of ether oxygens (including phenoxy) is 2. The van der Waals surface area contributed by atoms with Gasteiger partial charge in [0.2, 0.25) is 0 Å². The minimum Gasteiger partial charge on any atom is -0.467 e. The Labute approximate surface area is 123 Å². The normalized spacial score (nSPS) is 17.0. The minimum absolute atomic E-state index is 0.0137. The van der Waals surface area contributed by atoms with Crippen LogP contribution >= 0.6 is 0 Å². The van der Waals surface area contributed by atoms with Gasteiger partial charge in [0.05, 0.1) is 7.11 Å². The SMILES string of the molecule is COC(=O)[C@H](CC(F)(F)CC1CC1)NC(=O)OC(C)(C)C. The number of halogens is 2. The summed E-state index contributed by atoms with van der Waals surface area (Å²) in [5.41, 5.74) is -0.777. The predicted octanol–water partition coefficient (Wildman–Crippen LogP) is 2.88. The number of alkyl halides is 2. The summed E-state index contributed by atoms with van der Waals surface area (Å²) in [6, 6.07) is -1.42. The summed E-state index contributed by atoms with van der Waals surface area (Å²) in [6.07, 6.45) is -0.387. The molecule has 1 N–H and O–H groups in total.